The van der Waals surface area contributed by atoms with Gasteiger partial charge in [0.05, 0.1) is 0 Å². The second-order valence-electron chi connectivity index (χ2n) is 5.06. The Morgan fingerprint density at radius 1 is 1.37 bits per heavy atom. The minimum atomic E-state index is -0.147. The van der Waals surface area contributed by atoms with Crippen molar-refractivity contribution in [3.63, 3.8) is 0 Å². The van der Waals surface area contributed by atoms with E-state index in [9.17, 15) is 4.39 Å². The summed E-state index contributed by atoms with van der Waals surface area (Å²) >= 11 is 0. The summed E-state index contributed by atoms with van der Waals surface area (Å²) in [4.78, 5) is 0. The lowest BCUT2D eigenvalue weighted by Gasteiger charge is -2.19. The van der Waals surface area contributed by atoms with Crippen molar-refractivity contribution in [3.8, 4) is 0 Å². The van der Waals surface area contributed by atoms with Gasteiger partial charge < -0.3 is 10.1 Å². The number of nitrogens with one attached hydrogen (secondary N) is 1. The second kappa shape index (κ2) is 9.05. The molecule has 2 nitrogen and oxygen atoms in total. The van der Waals surface area contributed by atoms with Crippen LogP contribution in [-0.2, 0) is 11.2 Å². The fraction of sp³-hybridized carbons (Fsp3) is 0.625. The van der Waals surface area contributed by atoms with E-state index >= 15 is 0 Å². The maximum absolute atomic E-state index is 13.3. The molecule has 3 heteroatoms. The van der Waals surface area contributed by atoms with Gasteiger partial charge in [0, 0.05) is 19.8 Å². The number of hydrogen-bond acceptors (Lipinski definition) is 2. The van der Waals surface area contributed by atoms with Gasteiger partial charge in [-0.15, -0.1) is 0 Å². The van der Waals surface area contributed by atoms with Crippen LogP contribution in [0.15, 0.2) is 18.2 Å². The van der Waals surface area contributed by atoms with Gasteiger partial charge in [-0.1, -0.05) is 13.0 Å². The lowest BCUT2D eigenvalue weighted by atomic mass is 9.98. The zero-order valence-electron chi connectivity index (χ0n) is 12.3. The Kier molecular flexibility index (Phi) is 7.68. The molecule has 0 aliphatic carbocycles. The number of halogens is 1. The Bertz CT molecular complexity index is 368. The maximum Gasteiger partial charge on any atom is 0.123 e. The monoisotopic (exact) mass is 267 g/mol. The summed E-state index contributed by atoms with van der Waals surface area (Å²) in [7, 11) is 1.73. The molecule has 19 heavy (non-hydrogen) atoms. The minimum Gasteiger partial charge on any atom is -0.385 e. The van der Waals surface area contributed by atoms with Crippen molar-refractivity contribution in [2.75, 3.05) is 20.3 Å². The second-order valence-corrected chi connectivity index (χ2v) is 5.06. The molecule has 0 amide bonds. The molecule has 1 N–H and O–H groups in total. The summed E-state index contributed by atoms with van der Waals surface area (Å²) < 4.78 is 18.4. The summed E-state index contributed by atoms with van der Waals surface area (Å²) in [5.41, 5.74) is 2.27. The van der Waals surface area contributed by atoms with Crippen molar-refractivity contribution < 1.29 is 9.13 Å². The molecule has 0 bridgehead atoms. The predicted molar refractivity (Wildman–Crippen MR) is 78.0 cm³/mol. The first-order chi connectivity index (χ1) is 9.17. The van der Waals surface area contributed by atoms with Crippen LogP contribution in [0, 0.1) is 12.7 Å². The number of benzene rings is 1. The van der Waals surface area contributed by atoms with E-state index in [0.29, 0.717) is 6.04 Å². The Labute approximate surface area is 116 Å². The fourth-order valence-corrected chi connectivity index (χ4v) is 2.22. The van der Waals surface area contributed by atoms with E-state index < -0.39 is 0 Å². The molecule has 0 saturated heterocycles. The van der Waals surface area contributed by atoms with Gasteiger partial charge in [-0.25, -0.2) is 4.39 Å². The summed E-state index contributed by atoms with van der Waals surface area (Å²) in [6.45, 7) is 5.99. The van der Waals surface area contributed by atoms with Crippen LogP contribution in [0.25, 0.3) is 0 Å². The van der Waals surface area contributed by atoms with Gasteiger partial charge in [-0.3, -0.25) is 0 Å². The fourth-order valence-electron chi connectivity index (χ4n) is 2.22. The average Bonchev–Trinajstić information content (AvgIpc) is 2.40. The number of rotatable bonds is 9. The van der Waals surface area contributed by atoms with Crippen molar-refractivity contribution in [2.45, 2.75) is 45.6 Å². The quantitative estimate of drug-likeness (QED) is 0.692. The SMILES string of the molecule is CCCNC(CCCOC)Cc1cc(F)ccc1C. The van der Waals surface area contributed by atoms with Crippen molar-refractivity contribution in [3.05, 3.63) is 35.1 Å². The van der Waals surface area contributed by atoms with E-state index in [1.807, 2.05) is 13.0 Å². The van der Waals surface area contributed by atoms with E-state index in [0.717, 1.165) is 50.0 Å². The Morgan fingerprint density at radius 3 is 2.84 bits per heavy atom. The van der Waals surface area contributed by atoms with Crippen molar-refractivity contribution in [1.29, 1.82) is 0 Å². The highest BCUT2D eigenvalue weighted by Gasteiger charge is 2.11. The van der Waals surface area contributed by atoms with E-state index in [1.165, 1.54) is 6.07 Å². The van der Waals surface area contributed by atoms with Gasteiger partial charge in [-0.05, 0) is 62.4 Å². The van der Waals surface area contributed by atoms with E-state index in [2.05, 4.69) is 12.2 Å². The zero-order valence-corrected chi connectivity index (χ0v) is 12.3. The van der Waals surface area contributed by atoms with Crippen LogP contribution in [-0.4, -0.2) is 26.3 Å². The number of aryl methyl sites for hydroxylation is 1. The Hall–Kier alpha value is -0.930. The third kappa shape index (κ3) is 6.17. The van der Waals surface area contributed by atoms with E-state index in [-0.39, 0.29) is 5.82 Å². The normalized spacial score (nSPS) is 12.6. The molecule has 0 aliphatic heterocycles. The molecule has 0 heterocycles. The van der Waals surface area contributed by atoms with Crippen LogP contribution in [0.3, 0.4) is 0 Å². The highest BCUT2D eigenvalue weighted by atomic mass is 19.1. The number of hydrogen-bond donors (Lipinski definition) is 1. The molecule has 1 rings (SSSR count). The van der Waals surface area contributed by atoms with Crippen LogP contribution < -0.4 is 5.32 Å². The maximum atomic E-state index is 13.3. The molecular formula is C16H26FNO. The van der Waals surface area contributed by atoms with Crippen molar-refractivity contribution in [2.24, 2.45) is 0 Å². The Balaban J connectivity index is 2.61. The summed E-state index contributed by atoms with van der Waals surface area (Å²) in [5, 5.41) is 3.55. The standard InChI is InChI=1S/C16H26FNO/c1-4-9-18-16(6-5-10-19-3)12-14-11-15(17)8-7-13(14)2/h7-8,11,16,18H,4-6,9-10,12H2,1-3H3. The molecule has 1 aromatic carbocycles. The van der Waals surface area contributed by atoms with Crippen LogP contribution in [0.2, 0.25) is 0 Å². The van der Waals surface area contributed by atoms with E-state index in [4.69, 9.17) is 4.74 Å². The molecule has 0 radical (unpaired) electrons. The molecule has 0 aromatic heterocycles. The summed E-state index contributed by atoms with van der Waals surface area (Å²) in [6.07, 6.45) is 4.09. The molecule has 1 unspecified atom stereocenters. The lowest BCUT2D eigenvalue weighted by Crippen LogP contribution is -2.32. The molecule has 0 spiro atoms. The molecule has 0 fully saturated rings. The highest BCUT2D eigenvalue weighted by molar-refractivity contribution is 5.27. The van der Waals surface area contributed by atoms with Gasteiger partial charge in [0.25, 0.3) is 0 Å². The van der Waals surface area contributed by atoms with Gasteiger partial charge in [0.15, 0.2) is 0 Å². The van der Waals surface area contributed by atoms with Crippen LogP contribution in [0.4, 0.5) is 4.39 Å². The number of methoxy groups -OCH3 is 1. The Morgan fingerprint density at radius 2 is 2.16 bits per heavy atom. The topological polar surface area (TPSA) is 21.3 Å². The predicted octanol–water partition coefficient (Wildman–Crippen LogP) is 3.47. The first-order valence-corrected chi connectivity index (χ1v) is 7.14. The van der Waals surface area contributed by atoms with Crippen LogP contribution in [0.1, 0.15) is 37.3 Å². The first-order valence-electron chi connectivity index (χ1n) is 7.14. The third-order valence-corrected chi connectivity index (χ3v) is 3.36. The largest absolute Gasteiger partial charge is 0.385 e. The molecule has 1 aromatic rings. The van der Waals surface area contributed by atoms with Gasteiger partial charge in [0.2, 0.25) is 0 Å². The van der Waals surface area contributed by atoms with E-state index in [1.54, 1.807) is 13.2 Å². The van der Waals surface area contributed by atoms with Crippen molar-refractivity contribution in [1.82, 2.24) is 5.32 Å². The van der Waals surface area contributed by atoms with Crippen LogP contribution in [0.5, 0.6) is 0 Å². The van der Waals surface area contributed by atoms with Crippen LogP contribution >= 0.6 is 0 Å². The molecule has 1 atom stereocenters. The molecule has 0 aliphatic rings. The highest BCUT2D eigenvalue weighted by Crippen LogP contribution is 2.14. The third-order valence-electron chi connectivity index (χ3n) is 3.36. The zero-order chi connectivity index (χ0) is 14.1. The first kappa shape index (κ1) is 16.1. The summed E-state index contributed by atoms with van der Waals surface area (Å²) in [6, 6.07) is 5.44. The minimum absolute atomic E-state index is 0.147. The lowest BCUT2D eigenvalue weighted by molar-refractivity contribution is 0.188. The summed E-state index contributed by atoms with van der Waals surface area (Å²) in [5.74, 6) is -0.147. The molecule has 0 saturated carbocycles. The average molecular weight is 267 g/mol. The molecule has 108 valence electrons. The van der Waals surface area contributed by atoms with Crippen molar-refractivity contribution >= 4 is 0 Å². The smallest absolute Gasteiger partial charge is 0.123 e. The van der Waals surface area contributed by atoms with Gasteiger partial charge in [-0.2, -0.15) is 0 Å². The van der Waals surface area contributed by atoms with Gasteiger partial charge >= 0.3 is 0 Å². The number of ether oxygens (including phenoxy) is 1. The van der Waals surface area contributed by atoms with Gasteiger partial charge in [0.1, 0.15) is 5.82 Å². The molecular weight excluding hydrogens is 241 g/mol.